The van der Waals surface area contributed by atoms with Crippen molar-refractivity contribution >= 4 is 11.1 Å². The molecule has 0 fully saturated rings. The van der Waals surface area contributed by atoms with Crippen molar-refractivity contribution < 1.29 is 115 Å². The number of aliphatic hydroxyl groups is 4. The maximum Gasteiger partial charge on any atom is 0.119 e. The maximum atomic E-state index is 8.80. The first-order chi connectivity index (χ1) is 44.7. The summed E-state index contributed by atoms with van der Waals surface area (Å²) in [5.74, 6) is 2.74. The average Bonchev–Trinajstić information content (AvgIpc) is 0.953. The van der Waals surface area contributed by atoms with E-state index in [4.69, 9.17) is 115 Å². The number of rotatable bonds is 64. The largest absolute Gasteiger partial charge is 0.491 e. The second-order valence-electron chi connectivity index (χ2n) is 18.9. The zero-order chi connectivity index (χ0) is 63.5. The Morgan fingerprint density at radius 1 is 0.167 bits per heavy atom. The summed E-state index contributed by atoms with van der Waals surface area (Å²) in [6.45, 7) is 14.4. The molecule has 4 rings (SSSR count). The minimum absolute atomic E-state index is 0.0116. The molecule has 0 saturated heterocycles. The van der Waals surface area contributed by atoms with Crippen LogP contribution in [0.5, 0.6) is 23.0 Å². The first-order valence-corrected chi connectivity index (χ1v) is 31.0. The van der Waals surface area contributed by atoms with E-state index in [1.54, 1.807) is 0 Å². The standard InChI is InChI=1S/C66H100O24/c67-17-21-71-25-29-75-33-37-79-41-45-83-49-53-87-61-9-1-57(2-10-61)65(58-3-11-62(12-4-58)88-54-50-84-46-42-80-38-34-76-30-26-72-22-18-68)66(59-5-13-63(14-6-59)89-55-51-85-47-43-81-39-35-77-31-27-73-23-19-69)60-7-15-64(16-8-60)90-56-52-86-48-44-82-40-36-78-32-28-74-24-20-70/h1-16,67-70H,17-56H2. The fourth-order valence-electron chi connectivity index (χ4n) is 7.96. The van der Waals surface area contributed by atoms with Crippen molar-refractivity contribution in [2.75, 3.05) is 264 Å². The lowest BCUT2D eigenvalue weighted by Crippen LogP contribution is -2.14. The van der Waals surface area contributed by atoms with Crippen molar-refractivity contribution in [3.05, 3.63) is 119 Å². The van der Waals surface area contributed by atoms with E-state index in [1.807, 2.05) is 48.5 Å². The lowest BCUT2D eigenvalue weighted by Gasteiger charge is -2.19. The van der Waals surface area contributed by atoms with Crippen LogP contribution in [0.1, 0.15) is 22.3 Å². The van der Waals surface area contributed by atoms with Crippen LogP contribution in [0.2, 0.25) is 0 Å². The Kier molecular flexibility index (Phi) is 48.8. The second kappa shape index (κ2) is 56.7. The maximum absolute atomic E-state index is 8.80. The fourth-order valence-corrected chi connectivity index (χ4v) is 7.96. The predicted octanol–water partition coefficient (Wildman–Crippen LogP) is 4.44. The molecule has 0 aliphatic carbocycles. The molecule has 0 saturated carbocycles. The summed E-state index contributed by atoms with van der Waals surface area (Å²) in [5.41, 5.74) is 5.65. The average molecular weight is 1280 g/mol. The van der Waals surface area contributed by atoms with E-state index >= 15 is 0 Å². The van der Waals surface area contributed by atoms with Gasteiger partial charge < -0.3 is 115 Å². The van der Waals surface area contributed by atoms with Gasteiger partial charge in [-0.1, -0.05) is 48.5 Å². The Morgan fingerprint density at radius 3 is 0.422 bits per heavy atom. The molecule has 0 unspecified atom stereocenters. The van der Waals surface area contributed by atoms with Gasteiger partial charge in [-0.25, -0.2) is 0 Å². The van der Waals surface area contributed by atoms with Gasteiger partial charge in [0.1, 0.15) is 49.4 Å². The summed E-state index contributed by atoms with van der Waals surface area (Å²) < 4.78 is 113. The van der Waals surface area contributed by atoms with E-state index in [2.05, 4.69) is 48.5 Å². The molecule has 0 atom stereocenters. The Hall–Kier alpha value is -4.98. The summed E-state index contributed by atoms with van der Waals surface area (Å²) in [4.78, 5) is 0. The van der Waals surface area contributed by atoms with Gasteiger partial charge in [-0.05, 0) is 81.9 Å². The molecule has 0 aromatic heterocycles. The van der Waals surface area contributed by atoms with Crippen molar-refractivity contribution in [1.82, 2.24) is 0 Å². The van der Waals surface area contributed by atoms with Crippen LogP contribution in [0.25, 0.3) is 11.1 Å². The zero-order valence-corrected chi connectivity index (χ0v) is 52.5. The molecule has 4 aromatic rings. The van der Waals surface area contributed by atoms with Crippen molar-refractivity contribution in [2.45, 2.75) is 0 Å². The van der Waals surface area contributed by atoms with Crippen molar-refractivity contribution in [3.8, 4) is 23.0 Å². The molecular formula is C66H100O24. The zero-order valence-electron chi connectivity index (χ0n) is 52.5. The third kappa shape index (κ3) is 39.4. The molecule has 0 radical (unpaired) electrons. The number of aliphatic hydroxyl groups excluding tert-OH is 4. The summed E-state index contributed by atoms with van der Waals surface area (Å²) in [7, 11) is 0. The van der Waals surface area contributed by atoms with Gasteiger partial charge in [0, 0.05) is 0 Å². The molecule has 24 nitrogen and oxygen atoms in total. The summed E-state index contributed by atoms with van der Waals surface area (Å²) in [6.07, 6.45) is 0. The third-order valence-electron chi connectivity index (χ3n) is 12.2. The molecule has 4 aromatic carbocycles. The lowest BCUT2D eigenvalue weighted by atomic mass is 9.85. The predicted molar refractivity (Wildman–Crippen MR) is 334 cm³/mol. The first kappa shape index (κ1) is 77.5. The topological polar surface area (TPSA) is 266 Å². The number of benzene rings is 4. The molecule has 24 heteroatoms. The highest BCUT2D eigenvalue weighted by Gasteiger charge is 2.18. The van der Waals surface area contributed by atoms with Crippen LogP contribution in [0.4, 0.5) is 0 Å². The van der Waals surface area contributed by atoms with Crippen molar-refractivity contribution in [1.29, 1.82) is 0 Å². The van der Waals surface area contributed by atoms with Gasteiger partial charge in [-0.3, -0.25) is 0 Å². The molecule has 4 N–H and O–H groups in total. The van der Waals surface area contributed by atoms with E-state index in [0.717, 1.165) is 33.4 Å². The van der Waals surface area contributed by atoms with Crippen LogP contribution in [0.15, 0.2) is 97.1 Å². The van der Waals surface area contributed by atoms with Gasteiger partial charge >= 0.3 is 0 Å². The number of hydrogen-bond acceptors (Lipinski definition) is 24. The molecule has 0 spiro atoms. The van der Waals surface area contributed by atoms with Crippen molar-refractivity contribution in [3.63, 3.8) is 0 Å². The second-order valence-corrected chi connectivity index (χ2v) is 18.9. The van der Waals surface area contributed by atoms with Crippen LogP contribution >= 0.6 is 0 Å². The molecule has 508 valence electrons. The Morgan fingerprint density at radius 2 is 0.289 bits per heavy atom. The van der Waals surface area contributed by atoms with E-state index in [9.17, 15) is 0 Å². The van der Waals surface area contributed by atoms with Gasteiger partial charge in [0.2, 0.25) is 0 Å². The van der Waals surface area contributed by atoms with Gasteiger partial charge in [0.15, 0.2) is 0 Å². The molecule has 0 amide bonds. The Balaban J connectivity index is 1.44. The quantitative estimate of drug-likeness (QED) is 0.0352. The summed E-state index contributed by atoms with van der Waals surface area (Å²) >= 11 is 0. The van der Waals surface area contributed by atoms with E-state index < -0.39 is 0 Å². The third-order valence-corrected chi connectivity index (χ3v) is 12.2. The van der Waals surface area contributed by atoms with E-state index in [0.29, 0.717) is 261 Å². The highest BCUT2D eigenvalue weighted by Crippen LogP contribution is 2.39. The Labute approximate surface area is 531 Å². The monoisotopic (exact) mass is 1280 g/mol. The lowest BCUT2D eigenvalue weighted by molar-refractivity contribution is -0.00779. The highest BCUT2D eigenvalue weighted by molar-refractivity contribution is 6.04. The smallest absolute Gasteiger partial charge is 0.119 e. The minimum atomic E-state index is -0.0116. The van der Waals surface area contributed by atoms with Crippen LogP contribution in [0.3, 0.4) is 0 Å². The number of ether oxygens (including phenoxy) is 20. The summed E-state index contributed by atoms with van der Waals surface area (Å²) in [5, 5.41) is 35.2. The normalized spacial score (nSPS) is 11.4. The van der Waals surface area contributed by atoms with Gasteiger partial charge in [0.25, 0.3) is 0 Å². The number of hydrogen-bond donors (Lipinski definition) is 4. The van der Waals surface area contributed by atoms with Crippen LogP contribution < -0.4 is 18.9 Å². The van der Waals surface area contributed by atoms with Crippen LogP contribution in [0, 0.1) is 0 Å². The van der Waals surface area contributed by atoms with Gasteiger partial charge in [-0.2, -0.15) is 0 Å². The van der Waals surface area contributed by atoms with E-state index in [1.165, 1.54) is 0 Å². The minimum Gasteiger partial charge on any atom is -0.491 e. The van der Waals surface area contributed by atoms with Crippen LogP contribution in [-0.4, -0.2) is 285 Å². The molecule has 0 aliphatic rings. The van der Waals surface area contributed by atoms with E-state index in [-0.39, 0.29) is 26.4 Å². The SMILES string of the molecule is OCCOCCOCCOCCOCCOc1ccc(C(=C(c2ccc(OCCOCCOCCOCCOCCO)cc2)c2ccc(OCCOCCOCCOCCOCCO)cc2)c2ccc(OCCOCCOCCOCCOCCO)cc2)cc1. The highest BCUT2D eigenvalue weighted by atomic mass is 16.6. The first-order valence-electron chi connectivity index (χ1n) is 31.0. The van der Waals surface area contributed by atoms with Gasteiger partial charge in [-0.15, -0.1) is 0 Å². The molecule has 0 bridgehead atoms. The van der Waals surface area contributed by atoms with Crippen molar-refractivity contribution in [2.24, 2.45) is 0 Å². The molecule has 0 aliphatic heterocycles. The molecule has 0 heterocycles. The fraction of sp³-hybridized carbons (Fsp3) is 0.606. The summed E-state index contributed by atoms with van der Waals surface area (Å²) in [6, 6.07) is 32.1. The molecule has 90 heavy (non-hydrogen) atoms. The van der Waals surface area contributed by atoms with Gasteiger partial charge in [0.05, 0.1) is 238 Å². The van der Waals surface area contributed by atoms with Crippen LogP contribution in [-0.2, 0) is 75.8 Å². The Bertz CT molecular complexity index is 1930. The molecular weight excluding hydrogens is 1180 g/mol.